The summed E-state index contributed by atoms with van der Waals surface area (Å²) in [5.41, 5.74) is 6.29. The highest BCUT2D eigenvalue weighted by Crippen LogP contribution is 2.29. The normalized spacial score (nSPS) is 20.0. The molecule has 0 aromatic heterocycles. The fraction of sp³-hybridized carbons (Fsp3) is 0.462. The van der Waals surface area contributed by atoms with Crippen LogP contribution in [-0.2, 0) is 11.3 Å². The van der Waals surface area contributed by atoms with E-state index in [1.54, 1.807) is 7.11 Å². The summed E-state index contributed by atoms with van der Waals surface area (Å²) in [6.45, 7) is 2.25. The molecule has 0 spiro atoms. The SMILES string of the molecule is COc1cccc(Cl)c1CN1CC[C@@H](C(N)=O)C1. The first-order valence-electron chi connectivity index (χ1n) is 5.95. The van der Waals surface area contributed by atoms with Crippen molar-refractivity contribution in [3.63, 3.8) is 0 Å². The van der Waals surface area contributed by atoms with Crippen LogP contribution in [0.3, 0.4) is 0 Å². The molecule has 18 heavy (non-hydrogen) atoms. The summed E-state index contributed by atoms with van der Waals surface area (Å²) >= 11 is 6.19. The molecule has 1 aromatic rings. The molecular formula is C13H17ClN2O2. The van der Waals surface area contributed by atoms with Crippen LogP contribution in [0.15, 0.2) is 18.2 Å². The summed E-state index contributed by atoms with van der Waals surface area (Å²) in [6.07, 6.45) is 0.822. The molecule has 2 N–H and O–H groups in total. The smallest absolute Gasteiger partial charge is 0.221 e. The first-order valence-corrected chi connectivity index (χ1v) is 6.32. The molecule has 1 aliphatic heterocycles. The summed E-state index contributed by atoms with van der Waals surface area (Å²) in [5, 5.41) is 0.692. The summed E-state index contributed by atoms with van der Waals surface area (Å²) in [4.78, 5) is 13.3. The average Bonchev–Trinajstić information content (AvgIpc) is 2.80. The standard InChI is InChI=1S/C13H17ClN2O2/c1-18-12-4-2-3-11(14)10(12)8-16-6-5-9(7-16)13(15)17/h2-4,9H,5-8H2,1H3,(H2,15,17)/t9-/m1/s1. The van der Waals surface area contributed by atoms with Gasteiger partial charge in [0.25, 0.3) is 0 Å². The van der Waals surface area contributed by atoms with E-state index in [1.807, 2.05) is 18.2 Å². The number of nitrogens with two attached hydrogens (primary N) is 1. The largest absolute Gasteiger partial charge is 0.496 e. The predicted molar refractivity (Wildman–Crippen MR) is 70.6 cm³/mol. The zero-order valence-electron chi connectivity index (χ0n) is 10.4. The quantitative estimate of drug-likeness (QED) is 0.904. The average molecular weight is 269 g/mol. The molecule has 0 saturated carbocycles. The molecule has 1 aliphatic rings. The van der Waals surface area contributed by atoms with Crippen molar-refractivity contribution in [1.29, 1.82) is 0 Å². The minimum Gasteiger partial charge on any atom is -0.496 e. The van der Waals surface area contributed by atoms with Gasteiger partial charge in [0.15, 0.2) is 0 Å². The van der Waals surface area contributed by atoms with Crippen LogP contribution in [0.4, 0.5) is 0 Å². The number of methoxy groups -OCH3 is 1. The highest BCUT2D eigenvalue weighted by Gasteiger charge is 2.27. The number of hydrogen-bond donors (Lipinski definition) is 1. The molecule has 0 bridgehead atoms. The Morgan fingerprint density at radius 2 is 2.39 bits per heavy atom. The van der Waals surface area contributed by atoms with Crippen LogP contribution in [0, 0.1) is 5.92 Å². The molecular weight excluding hydrogens is 252 g/mol. The number of ether oxygens (including phenoxy) is 1. The highest BCUT2D eigenvalue weighted by molar-refractivity contribution is 6.31. The Bertz CT molecular complexity index is 451. The number of amides is 1. The highest BCUT2D eigenvalue weighted by atomic mass is 35.5. The van der Waals surface area contributed by atoms with Gasteiger partial charge < -0.3 is 10.5 Å². The molecule has 1 fully saturated rings. The second kappa shape index (κ2) is 5.59. The molecule has 4 nitrogen and oxygen atoms in total. The Kier molecular flexibility index (Phi) is 4.09. The van der Waals surface area contributed by atoms with Crippen molar-refractivity contribution in [3.05, 3.63) is 28.8 Å². The van der Waals surface area contributed by atoms with Crippen molar-refractivity contribution >= 4 is 17.5 Å². The van der Waals surface area contributed by atoms with E-state index in [4.69, 9.17) is 22.1 Å². The van der Waals surface area contributed by atoms with E-state index in [9.17, 15) is 4.79 Å². The van der Waals surface area contributed by atoms with Gasteiger partial charge in [0.05, 0.1) is 13.0 Å². The Morgan fingerprint density at radius 3 is 3.00 bits per heavy atom. The van der Waals surface area contributed by atoms with E-state index in [2.05, 4.69) is 4.90 Å². The van der Waals surface area contributed by atoms with Gasteiger partial charge in [0.1, 0.15) is 5.75 Å². The van der Waals surface area contributed by atoms with Crippen molar-refractivity contribution in [2.24, 2.45) is 11.7 Å². The number of carbonyl (C=O) groups excluding carboxylic acids is 1. The van der Waals surface area contributed by atoms with Crippen LogP contribution in [0.25, 0.3) is 0 Å². The number of hydrogen-bond acceptors (Lipinski definition) is 3. The number of halogens is 1. The molecule has 2 rings (SSSR count). The molecule has 5 heteroatoms. The number of benzene rings is 1. The Hall–Kier alpha value is -1.26. The summed E-state index contributed by atoms with van der Waals surface area (Å²) in [6, 6.07) is 5.60. The zero-order chi connectivity index (χ0) is 13.1. The van der Waals surface area contributed by atoms with E-state index in [-0.39, 0.29) is 11.8 Å². The topological polar surface area (TPSA) is 55.6 Å². The van der Waals surface area contributed by atoms with Gasteiger partial charge in [-0.1, -0.05) is 17.7 Å². The van der Waals surface area contributed by atoms with Crippen molar-refractivity contribution in [1.82, 2.24) is 4.90 Å². The third-order valence-electron chi connectivity index (χ3n) is 3.35. The van der Waals surface area contributed by atoms with Crippen LogP contribution in [0.5, 0.6) is 5.75 Å². The van der Waals surface area contributed by atoms with Gasteiger partial charge in [-0.3, -0.25) is 9.69 Å². The van der Waals surface area contributed by atoms with Gasteiger partial charge in [-0.2, -0.15) is 0 Å². The van der Waals surface area contributed by atoms with Crippen molar-refractivity contribution in [2.45, 2.75) is 13.0 Å². The molecule has 1 heterocycles. The van der Waals surface area contributed by atoms with E-state index in [0.29, 0.717) is 18.1 Å². The van der Waals surface area contributed by atoms with Crippen LogP contribution >= 0.6 is 11.6 Å². The second-order valence-corrected chi connectivity index (χ2v) is 4.95. The maximum atomic E-state index is 11.1. The molecule has 0 aliphatic carbocycles. The van der Waals surface area contributed by atoms with E-state index in [0.717, 1.165) is 24.3 Å². The van der Waals surface area contributed by atoms with Crippen molar-refractivity contribution in [2.75, 3.05) is 20.2 Å². The van der Waals surface area contributed by atoms with Gasteiger partial charge in [-0.25, -0.2) is 0 Å². The third-order valence-corrected chi connectivity index (χ3v) is 3.71. The van der Waals surface area contributed by atoms with Gasteiger partial charge in [-0.05, 0) is 25.1 Å². The number of carbonyl (C=O) groups is 1. The van der Waals surface area contributed by atoms with Crippen molar-refractivity contribution < 1.29 is 9.53 Å². The monoisotopic (exact) mass is 268 g/mol. The third kappa shape index (κ3) is 2.76. The summed E-state index contributed by atoms with van der Waals surface area (Å²) < 4.78 is 5.31. The number of rotatable bonds is 4. The fourth-order valence-corrected chi connectivity index (χ4v) is 2.54. The first kappa shape index (κ1) is 13.2. The summed E-state index contributed by atoms with van der Waals surface area (Å²) in [7, 11) is 1.63. The maximum Gasteiger partial charge on any atom is 0.221 e. The van der Waals surface area contributed by atoms with Crippen molar-refractivity contribution in [3.8, 4) is 5.75 Å². The van der Waals surface area contributed by atoms with Crippen LogP contribution in [0.2, 0.25) is 5.02 Å². The lowest BCUT2D eigenvalue weighted by atomic mass is 10.1. The van der Waals surface area contributed by atoms with Crippen LogP contribution in [0.1, 0.15) is 12.0 Å². The predicted octanol–water partition coefficient (Wildman–Crippen LogP) is 1.66. The molecule has 0 radical (unpaired) electrons. The molecule has 0 unspecified atom stereocenters. The maximum absolute atomic E-state index is 11.1. The second-order valence-electron chi connectivity index (χ2n) is 4.54. The Balaban J connectivity index is 2.09. The zero-order valence-corrected chi connectivity index (χ0v) is 11.1. The van der Waals surface area contributed by atoms with Gasteiger partial charge >= 0.3 is 0 Å². The van der Waals surface area contributed by atoms with E-state index in [1.165, 1.54) is 0 Å². The van der Waals surface area contributed by atoms with Crippen LogP contribution in [-0.4, -0.2) is 31.0 Å². The van der Waals surface area contributed by atoms with Gasteiger partial charge in [0.2, 0.25) is 5.91 Å². The van der Waals surface area contributed by atoms with E-state index < -0.39 is 0 Å². The fourth-order valence-electron chi connectivity index (χ4n) is 2.32. The lowest BCUT2D eigenvalue weighted by Crippen LogP contribution is -2.27. The molecule has 1 amide bonds. The van der Waals surface area contributed by atoms with Gasteiger partial charge in [0, 0.05) is 23.7 Å². The van der Waals surface area contributed by atoms with E-state index >= 15 is 0 Å². The van der Waals surface area contributed by atoms with Gasteiger partial charge in [-0.15, -0.1) is 0 Å². The summed E-state index contributed by atoms with van der Waals surface area (Å²) in [5.74, 6) is 0.520. The Labute approximate surface area is 112 Å². The lowest BCUT2D eigenvalue weighted by molar-refractivity contribution is -0.121. The van der Waals surface area contributed by atoms with Crippen LogP contribution < -0.4 is 10.5 Å². The molecule has 1 aromatic carbocycles. The first-order chi connectivity index (χ1) is 8.61. The minimum atomic E-state index is -0.219. The lowest BCUT2D eigenvalue weighted by Gasteiger charge is -2.18. The number of primary amides is 1. The molecule has 98 valence electrons. The Morgan fingerprint density at radius 1 is 1.61 bits per heavy atom. The number of likely N-dealkylation sites (tertiary alicyclic amines) is 1. The molecule has 1 saturated heterocycles. The molecule has 1 atom stereocenters. The number of nitrogens with zero attached hydrogens (tertiary/aromatic N) is 1. The minimum absolute atomic E-state index is 0.0431.